The van der Waals surface area contributed by atoms with Gasteiger partial charge >= 0.3 is 0 Å². The summed E-state index contributed by atoms with van der Waals surface area (Å²) >= 11 is 0. The lowest BCUT2D eigenvalue weighted by Gasteiger charge is -2.13. The van der Waals surface area contributed by atoms with Gasteiger partial charge in [-0.2, -0.15) is 0 Å². The molecule has 0 aliphatic rings. The van der Waals surface area contributed by atoms with Gasteiger partial charge in [0.25, 0.3) is 0 Å². The zero-order valence-electron chi connectivity index (χ0n) is 20.8. The van der Waals surface area contributed by atoms with Crippen LogP contribution in [-0.2, 0) is 30.6 Å². The fourth-order valence-electron chi connectivity index (χ4n) is 4.25. The number of carbonyl (C=O) groups excluding carboxylic acids is 1. The number of rotatable bonds is 13. The Morgan fingerprint density at radius 1 is 1.03 bits per heavy atom. The number of allylic oxidation sites excluding steroid dienone is 1. The Labute approximate surface area is 212 Å². The van der Waals surface area contributed by atoms with Gasteiger partial charge in [-0.05, 0) is 48.2 Å². The highest BCUT2D eigenvalue weighted by Crippen LogP contribution is 2.28. The first-order valence-electron chi connectivity index (χ1n) is 12.3. The summed E-state index contributed by atoms with van der Waals surface area (Å²) in [5.74, 6) is 2.45. The van der Waals surface area contributed by atoms with Crippen LogP contribution >= 0.6 is 0 Å². The Bertz CT molecular complexity index is 1300. The van der Waals surface area contributed by atoms with E-state index >= 15 is 0 Å². The molecular formula is C30H33N3O3. The molecule has 4 aromatic rings. The molecule has 1 aromatic heterocycles. The van der Waals surface area contributed by atoms with Crippen molar-refractivity contribution in [2.24, 2.45) is 0 Å². The van der Waals surface area contributed by atoms with E-state index in [2.05, 4.69) is 22.5 Å². The number of nitrogens with one attached hydrogen (secondary N) is 1. The van der Waals surface area contributed by atoms with Gasteiger partial charge in [0.1, 0.15) is 5.82 Å². The van der Waals surface area contributed by atoms with Gasteiger partial charge in [-0.1, -0.05) is 54.6 Å². The Balaban J connectivity index is 1.34. The standard InChI is InChI=1S/C30H33N3O3/c1-3-10-23-15-16-27(28(21-23)35-2)36-20-9-19-33-26-14-8-7-13-25(26)32-29(33)17-18-31-30(34)22-24-11-5-4-6-12-24/h3-8,11-16,21H,1,9-10,17-20,22H2,2H3,(H,31,34). The number of benzene rings is 3. The van der Waals surface area contributed by atoms with E-state index < -0.39 is 0 Å². The monoisotopic (exact) mass is 483 g/mol. The molecule has 0 atom stereocenters. The molecule has 1 amide bonds. The van der Waals surface area contributed by atoms with Gasteiger partial charge in [-0.3, -0.25) is 4.79 Å². The molecule has 0 saturated carbocycles. The third-order valence-electron chi connectivity index (χ3n) is 6.00. The van der Waals surface area contributed by atoms with Crippen molar-refractivity contribution in [3.8, 4) is 11.5 Å². The van der Waals surface area contributed by atoms with Crippen LogP contribution in [-0.4, -0.2) is 35.7 Å². The van der Waals surface area contributed by atoms with E-state index in [1.54, 1.807) is 7.11 Å². The van der Waals surface area contributed by atoms with Crippen LogP contribution in [0.3, 0.4) is 0 Å². The molecule has 186 valence electrons. The van der Waals surface area contributed by atoms with E-state index in [-0.39, 0.29) is 5.91 Å². The van der Waals surface area contributed by atoms with Crippen molar-refractivity contribution < 1.29 is 14.3 Å². The Morgan fingerprint density at radius 2 is 1.83 bits per heavy atom. The fraction of sp³-hybridized carbons (Fsp3) is 0.267. The molecule has 0 saturated heterocycles. The second-order valence-corrected chi connectivity index (χ2v) is 8.61. The van der Waals surface area contributed by atoms with E-state index in [1.807, 2.05) is 72.8 Å². The average Bonchev–Trinajstić information content (AvgIpc) is 3.25. The van der Waals surface area contributed by atoms with Gasteiger partial charge < -0.3 is 19.4 Å². The highest BCUT2D eigenvalue weighted by Gasteiger charge is 2.12. The molecule has 36 heavy (non-hydrogen) atoms. The van der Waals surface area contributed by atoms with Gasteiger partial charge in [0.05, 0.1) is 31.2 Å². The normalized spacial score (nSPS) is 10.8. The topological polar surface area (TPSA) is 65.4 Å². The van der Waals surface area contributed by atoms with Gasteiger partial charge in [-0.15, -0.1) is 6.58 Å². The van der Waals surface area contributed by atoms with Gasteiger partial charge in [0.2, 0.25) is 5.91 Å². The van der Waals surface area contributed by atoms with Crippen LogP contribution in [0.5, 0.6) is 11.5 Å². The van der Waals surface area contributed by atoms with Crippen molar-refractivity contribution in [1.29, 1.82) is 0 Å². The lowest BCUT2D eigenvalue weighted by atomic mass is 10.1. The van der Waals surface area contributed by atoms with Crippen LogP contribution in [0.15, 0.2) is 85.5 Å². The van der Waals surface area contributed by atoms with Gasteiger partial charge in [0, 0.05) is 19.5 Å². The maximum atomic E-state index is 12.3. The molecule has 1 N–H and O–H groups in total. The Hall–Kier alpha value is -4.06. The first-order chi connectivity index (χ1) is 17.7. The molecule has 0 fully saturated rings. The first-order valence-corrected chi connectivity index (χ1v) is 12.3. The molecule has 0 bridgehead atoms. The number of methoxy groups -OCH3 is 1. The first kappa shape index (κ1) is 25.0. The highest BCUT2D eigenvalue weighted by atomic mass is 16.5. The predicted molar refractivity (Wildman–Crippen MR) is 144 cm³/mol. The summed E-state index contributed by atoms with van der Waals surface area (Å²) in [6, 6.07) is 23.9. The molecule has 3 aromatic carbocycles. The summed E-state index contributed by atoms with van der Waals surface area (Å²) in [5.41, 5.74) is 4.20. The lowest BCUT2D eigenvalue weighted by Crippen LogP contribution is -2.28. The highest BCUT2D eigenvalue weighted by molar-refractivity contribution is 5.78. The average molecular weight is 484 g/mol. The van der Waals surface area contributed by atoms with Gasteiger partial charge in [0.15, 0.2) is 11.5 Å². The van der Waals surface area contributed by atoms with Crippen molar-refractivity contribution in [2.75, 3.05) is 20.3 Å². The number of nitrogens with zero attached hydrogens (tertiary/aromatic N) is 2. The Kier molecular flexibility index (Phi) is 8.76. The van der Waals surface area contributed by atoms with Crippen molar-refractivity contribution in [2.45, 2.75) is 32.2 Å². The lowest BCUT2D eigenvalue weighted by molar-refractivity contribution is -0.120. The number of fused-ring (bicyclic) bond motifs is 1. The third kappa shape index (κ3) is 6.54. The summed E-state index contributed by atoms with van der Waals surface area (Å²) in [4.78, 5) is 17.2. The van der Waals surface area contributed by atoms with Crippen molar-refractivity contribution in [1.82, 2.24) is 14.9 Å². The van der Waals surface area contributed by atoms with E-state index in [1.165, 1.54) is 0 Å². The summed E-state index contributed by atoms with van der Waals surface area (Å²) in [6.07, 6.45) is 4.52. The minimum absolute atomic E-state index is 0.0188. The number of hydrogen-bond acceptors (Lipinski definition) is 4. The van der Waals surface area contributed by atoms with Gasteiger partial charge in [-0.25, -0.2) is 4.98 Å². The number of amides is 1. The van der Waals surface area contributed by atoms with Crippen LogP contribution in [0.25, 0.3) is 11.0 Å². The summed E-state index contributed by atoms with van der Waals surface area (Å²) < 4.78 is 13.8. The van der Waals surface area contributed by atoms with E-state index in [0.29, 0.717) is 26.0 Å². The molecule has 0 aliphatic carbocycles. The number of imidazole rings is 1. The second kappa shape index (κ2) is 12.6. The van der Waals surface area contributed by atoms with Crippen molar-refractivity contribution >= 4 is 16.9 Å². The second-order valence-electron chi connectivity index (χ2n) is 8.61. The molecule has 4 rings (SSSR count). The summed E-state index contributed by atoms with van der Waals surface area (Å²) in [5, 5.41) is 3.03. The smallest absolute Gasteiger partial charge is 0.224 e. The SMILES string of the molecule is C=CCc1ccc(OCCCn2c(CCNC(=O)Cc3ccccc3)nc3ccccc32)c(OC)c1. The van der Waals surface area contributed by atoms with Crippen LogP contribution in [0.2, 0.25) is 0 Å². The zero-order valence-corrected chi connectivity index (χ0v) is 20.8. The number of ether oxygens (including phenoxy) is 2. The number of carbonyl (C=O) groups is 1. The maximum Gasteiger partial charge on any atom is 0.224 e. The molecule has 6 heteroatoms. The Morgan fingerprint density at radius 3 is 2.64 bits per heavy atom. The number of hydrogen-bond donors (Lipinski definition) is 1. The van der Waals surface area contributed by atoms with Crippen LogP contribution in [0.4, 0.5) is 0 Å². The van der Waals surface area contributed by atoms with Crippen LogP contribution in [0.1, 0.15) is 23.4 Å². The minimum Gasteiger partial charge on any atom is -0.493 e. The van der Waals surface area contributed by atoms with E-state index in [0.717, 1.165) is 58.9 Å². The number of para-hydroxylation sites is 2. The maximum absolute atomic E-state index is 12.3. The molecule has 1 heterocycles. The largest absolute Gasteiger partial charge is 0.493 e. The molecule has 0 unspecified atom stereocenters. The fourth-order valence-corrected chi connectivity index (χ4v) is 4.25. The van der Waals surface area contributed by atoms with Crippen LogP contribution in [0, 0.1) is 0 Å². The molecule has 6 nitrogen and oxygen atoms in total. The molecular weight excluding hydrogens is 450 g/mol. The minimum atomic E-state index is 0.0188. The van der Waals surface area contributed by atoms with Crippen molar-refractivity contribution in [3.05, 3.63) is 102 Å². The molecule has 0 aliphatic heterocycles. The zero-order chi connectivity index (χ0) is 25.2. The molecule has 0 spiro atoms. The van der Waals surface area contributed by atoms with Crippen molar-refractivity contribution in [3.63, 3.8) is 0 Å². The predicted octanol–water partition coefficient (Wildman–Crippen LogP) is 5.14. The number of aryl methyl sites for hydroxylation is 1. The third-order valence-corrected chi connectivity index (χ3v) is 6.00. The van der Waals surface area contributed by atoms with Crippen LogP contribution < -0.4 is 14.8 Å². The summed E-state index contributed by atoms with van der Waals surface area (Å²) in [6.45, 7) is 5.65. The van der Waals surface area contributed by atoms with E-state index in [4.69, 9.17) is 14.5 Å². The quantitative estimate of drug-likeness (QED) is 0.211. The number of aromatic nitrogens is 2. The van der Waals surface area contributed by atoms with E-state index in [9.17, 15) is 4.79 Å². The summed E-state index contributed by atoms with van der Waals surface area (Å²) in [7, 11) is 1.66. The molecule has 0 radical (unpaired) electrons.